The lowest BCUT2D eigenvalue weighted by Gasteiger charge is -2.15. The highest BCUT2D eigenvalue weighted by atomic mass is 16.7. The van der Waals surface area contributed by atoms with Crippen LogP contribution in [0.2, 0.25) is 0 Å². The highest BCUT2D eigenvalue weighted by Gasteiger charge is 2.20. The van der Waals surface area contributed by atoms with Crippen molar-refractivity contribution in [3.05, 3.63) is 60.0 Å². The Morgan fingerprint density at radius 1 is 1.15 bits per heavy atom. The van der Waals surface area contributed by atoms with E-state index in [9.17, 15) is 4.79 Å². The fourth-order valence-corrected chi connectivity index (χ4v) is 3.04. The zero-order valence-electron chi connectivity index (χ0n) is 15.3. The Hall–Kier alpha value is -3.35. The van der Waals surface area contributed by atoms with Crippen molar-refractivity contribution in [3.8, 4) is 22.8 Å². The van der Waals surface area contributed by atoms with Gasteiger partial charge in [0.05, 0.1) is 5.69 Å². The third kappa shape index (κ3) is 3.48. The molecule has 27 heavy (non-hydrogen) atoms. The van der Waals surface area contributed by atoms with Crippen LogP contribution in [0.1, 0.15) is 16.1 Å². The first-order valence-electron chi connectivity index (χ1n) is 8.70. The summed E-state index contributed by atoms with van der Waals surface area (Å²) in [5, 5.41) is 4.40. The van der Waals surface area contributed by atoms with Gasteiger partial charge in [0.25, 0.3) is 5.91 Å². The van der Waals surface area contributed by atoms with Crippen LogP contribution in [-0.2, 0) is 13.5 Å². The van der Waals surface area contributed by atoms with E-state index in [0.29, 0.717) is 18.0 Å². The van der Waals surface area contributed by atoms with Gasteiger partial charge in [-0.05, 0) is 48.4 Å². The van der Waals surface area contributed by atoms with Gasteiger partial charge in [0.2, 0.25) is 6.79 Å². The highest BCUT2D eigenvalue weighted by molar-refractivity contribution is 5.93. The molecule has 0 radical (unpaired) electrons. The third-order valence-electron chi connectivity index (χ3n) is 4.60. The number of pyridine rings is 1. The van der Waals surface area contributed by atoms with Crippen LogP contribution in [0, 0.1) is 0 Å². The van der Waals surface area contributed by atoms with Gasteiger partial charge < -0.3 is 14.4 Å². The number of carbonyl (C=O) groups is 1. The standard InChI is InChI=1S/C20H20N4O3/c1-23(10-7-14-5-8-21-9-6-14)20(25)16-12-17(24(2)22-16)15-3-4-18-19(11-15)27-13-26-18/h3-6,8-9,11-12H,7,10,13H2,1-2H3. The van der Waals surface area contributed by atoms with Crippen molar-refractivity contribution >= 4 is 5.91 Å². The molecule has 4 rings (SSSR count). The average molecular weight is 364 g/mol. The quantitative estimate of drug-likeness (QED) is 0.696. The summed E-state index contributed by atoms with van der Waals surface area (Å²) >= 11 is 0. The molecule has 0 spiro atoms. The average Bonchev–Trinajstić information content (AvgIpc) is 3.32. The van der Waals surface area contributed by atoms with E-state index in [-0.39, 0.29) is 12.7 Å². The summed E-state index contributed by atoms with van der Waals surface area (Å²) in [6.07, 6.45) is 4.29. The predicted molar refractivity (Wildman–Crippen MR) is 99.7 cm³/mol. The molecule has 1 amide bonds. The van der Waals surface area contributed by atoms with Crippen LogP contribution in [0.4, 0.5) is 0 Å². The number of ether oxygens (including phenoxy) is 2. The van der Waals surface area contributed by atoms with Crippen LogP contribution in [0.3, 0.4) is 0 Å². The monoisotopic (exact) mass is 364 g/mol. The second-order valence-corrected chi connectivity index (χ2v) is 6.44. The molecule has 1 aliphatic heterocycles. The van der Waals surface area contributed by atoms with Crippen molar-refractivity contribution in [2.24, 2.45) is 7.05 Å². The first-order chi connectivity index (χ1) is 13.1. The van der Waals surface area contributed by atoms with E-state index in [1.807, 2.05) is 43.4 Å². The minimum atomic E-state index is -0.105. The lowest BCUT2D eigenvalue weighted by Crippen LogP contribution is -2.29. The number of amides is 1. The molecule has 0 atom stereocenters. The van der Waals surface area contributed by atoms with Crippen LogP contribution in [-0.4, -0.2) is 46.0 Å². The number of likely N-dealkylation sites (N-methyl/N-ethyl adjacent to an activating group) is 1. The molecular weight excluding hydrogens is 344 g/mol. The molecule has 1 aliphatic rings. The molecular formula is C20H20N4O3. The molecule has 0 saturated heterocycles. The Morgan fingerprint density at radius 2 is 1.93 bits per heavy atom. The van der Waals surface area contributed by atoms with Gasteiger partial charge in [-0.15, -0.1) is 0 Å². The normalized spacial score (nSPS) is 12.2. The highest BCUT2D eigenvalue weighted by Crippen LogP contribution is 2.35. The predicted octanol–water partition coefficient (Wildman–Crippen LogP) is 2.53. The van der Waals surface area contributed by atoms with E-state index in [4.69, 9.17) is 9.47 Å². The first-order valence-corrected chi connectivity index (χ1v) is 8.70. The third-order valence-corrected chi connectivity index (χ3v) is 4.60. The van der Waals surface area contributed by atoms with E-state index in [2.05, 4.69) is 10.1 Å². The molecule has 0 unspecified atom stereocenters. The number of rotatable bonds is 5. The van der Waals surface area contributed by atoms with Crippen LogP contribution >= 0.6 is 0 Å². The summed E-state index contributed by atoms with van der Waals surface area (Å²) in [5.74, 6) is 1.33. The number of fused-ring (bicyclic) bond motifs is 1. The molecule has 0 bridgehead atoms. The van der Waals surface area contributed by atoms with Gasteiger partial charge in [0.15, 0.2) is 17.2 Å². The number of aryl methyl sites for hydroxylation is 1. The number of hydrogen-bond acceptors (Lipinski definition) is 5. The molecule has 0 N–H and O–H groups in total. The topological polar surface area (TPSA) is 69.5 Å². The van der Waals surface area contributed by atoms with Crippen molar-refractivity contribution in [2.45, 2.75) is 6.42 Å². The van der Waals surface area contributed by atoms with E-state index < -0.39 is 0 Å². The maximum absolute atomic E-state index is 12.7. The summed E-state index contributed by atoms with van der Waals surface area (Å²) in [7, 11) is 3.62. The van der Waals surface area contributed by atoms with Crippen molar-refractivity contribution in [1.82, 2.24) is 19.7 Å². The Bertz CT molecular complexity index is 969. The van der Waals surface area contributed by atoms with Gasteiger partial charge >= 0.3 is 0 Å². The summed E-state index contributed by atoms with van der Waals surface area (Å²) < 4.78 is 12.5. The molecule has 0 fully saturated rings. The summed E-state index contributed by atoms with van der Waals surface area (Å²) in [6.45, 7) is 0.842. The number of carbonyl (C=O) groups excluding carboxylic acids is 1. The summed E-state index contributed by atoms with van der Waals surface area (Å²) in [6, 6.07) is 11.4. The molecule has 1 aromatic carbocycles. The molecule has 3 heterocycles. The van der Waals surface area contributed by atoms with Crippen LogP contribution in [0.25, 0.3) is 11.3 Å². The molecule has 0 saturated carbocycles. The van der Waals surface area contributed by atoms with Gasteiger partial charge in [0, 0.05) is 38.6 Å². The van der Waals surface area contributed by atoms with Gasteiger partial charge in [-0.1, -0.05) is 0 Å². The SMILES string of the molecule is CN(CCc1ccncc1)C(=O)c1cc(-c2ccc3c(c2)OCO3)n(C)n1. The smallest absolute Gasteiger partial charge is 0.274 e. The van der Waals surface area contributed by atoms with Crippen molar-refractivity contribution in [1.29, 1.82) is 0 Å². The maximum Gasteiger partial charge on any atom is 0.274 e. The molecule has 2 aromatic heterocycles. The second-order valence-electron chi connectivity index (χ2n) is 6.44. The van der Waals surface area contributed by atoms with E-state index in [1.165, 1.54) is 0 Å². The molecule has 138 valence electrons. The lowest BCUT2D eigenvalue weighted by molar-refractivity contribution is 0.0790. The summed E-state index contributed by atoms with van der Waals surface area (Å²) in [5.41, 5.74) is 3.33. The fraction of sp³-hybridized carbons (Fsp3) is 0.250. The van der Waals surface area contributed by atoms with E-state index >= 15 is 0 Å². The minimum Gasteiger partial charge on any atom is -0.454 e. The molecule has 7 nitrogen and oxygen atoms in total. The number of aromatic nitrogens is 3. The Balaban J connectivity index is 1.49. The van der Waals surface area contributed by atoms with Crippen molar-refractivity contribution < 1.29 is 14.3 Å². The van der Waals surface area contributed by atoms with Gasteiger partial charge in [0.1, 0.15) is 0 Å². The van der Waals surface area contributed by atoms with Gasteiger partial charge in [-0.25, -0.2) is 0 Å². The number of hydrogen-bond donors (Lipinski definition) is 0. The Labute approximate surface area is 157 Å². The fourth-order valence-electron chi connectivity index (χ4n) is 3.04. The first kappa shape index (κ1) is 17.1. The summed E-state index contributed by atoms with van der Waals surface area (Å²) in [4.78, 5) is 18.4. The molecule has 7 heteroatoms. The van der Waals surface area contributed by atoms with Crippen LogP contribution < -0.4 is 9.47 Å². The minimum absolute atomic E-state index is 0.105. The largest absolute Gasteiger partial charge is 0.454 e. The van der Waals surface area contributed by atoms with Crippen molar-refractivity contribution in [3.63, 3.8) is 0 Å². The molecule has 0 aliphatic carbocycles. The van der Waals surface area contributed by atoms with Gasteiger partial charge in [-0.3, -0.25) is 14.5 Å². The number of benzene rings is 1. The zero-order chi connectivity index (χ0) is 18.8. The van der Waals surface area contributed by atoms with Crippen LogP contribution in [0.5, 0.6) is 11.5 Å². The number of nitrogens with zero attached hydrogens (tertiary/aromatic N) is 4. The van der Waals surface area contributed by atoms with E-state index in [1.54, 1.807) is 29.0 Å². The Morgan fingerprint density at radius 3 is 2.74 bits per heavy atom. The van der Waals surface area contributed by atoms with Crippen LogP contribution in [0.15, 0.2) is 48.8 Å². The lowest BCUT2D eigenvalue weighted by atomic mass is 10.1. The second kappa shape index (κ2) is 7.11. The Kier molecular flexibility index (Phi) is 4.50. The molecule has 3 aromatic rings. The van der Waals surface area contributed by atoms with Gasteiger partial charge in [-0.2, -0.15) is 5.10 Å². The maximum atomic E-state index is 12.7. The van der Waals surface area contributed by atoms with E-state index in [0.717, 1.165) is 29.0 Å². The zero-order valence-corrected chi connectivity index (χ0v) is 15.3. The van der Waals surface area contributed by atoms with Crippen molar-refractivity contribution in [2.75, 3.05) is 20.4 Å².